The van der Waals surface area contributed by atoms with E-state index < -0.39 is 0 Å². The second-order valence-corrected chi connectivity index (χ2v) is 8.57. The van der Waals surface area contributed by atoms with Crippen LogP contribution < -0.4 is 10.4 Å². The highest BCUT2D eigenvalue weighted by Crippen LogP contribution is 2.35. The number of benzene rings is 2. The molecule has 0 spiro atoms. The van der Waals surface area contributed by atoms with Crippen LogP contribution in [0.2, 0.25) is 0 Å². The average Bonchev–Trinajstić information content (AvgIpc) is 3.35. The van der Waals surface area contributed by atoms with Gasteiger partial charge in [-0.15, -0.1) is 0 Å². The van der Waals surface area contributed by atoms with E-state index in [1.165, 1.54) is 70.0 Å². The molecule has 2 aromatic rings. The quantitative estimate of drug-likeness (QED) is 0.555. The number of rotatable bonds is 2. The predicted octanol–water partition coefficient (Wildman–Crippen LogP) is 5.70. The van der Waals surface area contributed by atoms with E-state index in [-0.39, 0.29) is 0 Å². The molecule has 0 amide bonds. The van der Waals surface area contributed by atoms with E-state index >= 15 is 0 Å². The van der Waals surface area contributed by atoms with Crippen LogP contribution in [0.5, 0.6) is 0 Å². The molecule has 3 aliphatic carbocycles. The maximum Gasteiger partial charge on any atom is -0.00675 e. The number of hydrogen-bond acceptors (Lipinski definition) is 0. The maximum absolute atomic E-state index is 2.56. The summed E-state index contributed by atoms with van der Waals surface area (Å²) in [5.41, 5.74) is 7.52. The van der Waals surface area contributed by atoms with E-state index in [4.69, 9.17) is 0 Å². The normalized spacial score (nSPS) is 18.1. The van der Waals surface area contributed by atoms with Crippen molar-refractivity contribution in [3.8, 4) is 0 Å². The molecule has 1 saturated carbocycles. The highest BCUT2D eigenvalue weighted by Gasteiger charge is 2.23. The molecule has 0 aromatic heterocycles. The summed E-state index contributed by atoms with van der Waals surface area (Å²) < 4.78 is 0. The van der Waals surface area contributed by atoms with Gasteiger partial charge < -0.3 is 0 Å². The molecule has 0 aliphatic heterocycles. The van der Waals surface area contributed by atoms with Crippen LogP contribution >= 0.6 is 0 Å². The van der Waals surface area contributed by atoms with Crippen molar-refractivity contribution in [2.24, 2.45) is 0 Å². The van der Waals surface area contributed by atoms with Crippen LogP contribution in [-0.4, -0.2) is 0 Å². The largest absolute Gasteiger partial charge is 0.0801 e. The molecule has 136 valence electrons. The SMILES string of the molecule is CC(C)=c1c(C2CCCCC2)cc2c(c1C1=CC=CC1)C=c1ccccc1=2. The predicted molar refractivity (Wildman–Crippen MR) is 116 cm³/mol. The molecule has 0 unspecified atom stereocenters. The van der Waals surface area contributed by atoms with Crippen LogP contribution in [0.15, 0.2) is 48.6 Å². The molecule has 3 aliphatic rings. The Morgan fingerprint density at radius 2 is 1.78 bits per heavy atom. The van der Waals surface area contributed by atoms with Crippen molar-refractivity contribution >= 4 is 17.2 Å². The fourth-order valence-electron chi connectivity index (χ4n) is 5.36. The second kappa shape index (κ2) is 6.68. The zero-order valence-corrected chi connectivity index (χ0v) is 16.5. The van der Waals surface area contributed by atoms with Gasteiger partial charge in [-0.05, 0) is 94.3 Å². The lowest BCUT2D eigenvalue weighted by Gasteiger charge is -2.25. The Bertz CT molecular complexity index is 1180. The summed E-state index contributed by atoms with van der Waals surface area (Å²) in [6.07, 6.45) is 17.2. The maximum atomic E-state index is 2.56. The molecule has 0 heterocycles. The van der Waals surface area contributed by atoms with Crippen LogP contribution in [0, 0.1) is 10.4 Å². The smallest absolute Gasteiger partial charge is 0.00675 e. The first-order valence-corrected chi connectivity index (χ1v) is 10.6. The highest BCUT2D eigenvalue weighted by atomic mass is 14.3. The van der Waals surface area contributed by atoms with E-state index in [0.29, 0.717) is 0 Å². The third-order valence-corrected chi connectivity index (χ3v) is 6.59. The van der Waals surface area contributed by atoms with Crippen molar-refractivity contribution in [1.82, 2.24) is 0 Å². The Morgan fingerprint density at radius 3 is 2.52 bits per heavy atom. The molecular formula is C27H28. The van der Waals surface area contributed by atoms with Gasteiger partial charge in [0.05, 0.1) is 0 Å². The van der Waals surface area contributed by atoms with Gasteiger partial charge in [-0.1, -0.05) is 67.3 Å². The second-order valence-electron chi connectivity index (χ2n) is 8.57. The van der Waals surface area contributed by atoms with Crippen molar-refractivity contribution < 1.29 is 0 Å². The minimum absolute atomic E-state index is 0.718. The summed E-state index contributed by atoms with van der Waals surface area (Å²) >= 11 is 0. The van der Waals surface area contributed by atoms with Crippen LogP contribution in [0.3, 0.4) is 0 Å². The third kappa shape index (κ3) is 2.74. The van der Waals surface area contributed by atoms with Gasteiger partial charge in [-0.25, -0.2) is 0 Å². The Kier molecular flexibility index (Phi) is 4.16. The van der Waals surface area contributed by atoms with Gasteiger partial charge in [-0.2, -0.15) is 0 Å². The molecule has 1 fully saturated rings. The summed E-state index contributed by atoms with van der Waals surface area (Å²) in [5.74, 6) is 0.718. The van der Waals surface area contributed by atoms with Gasteiger partial charge in [0.2, 0.25) is 0 Å². The first-order valence-electron chi connectivity index (χ1n) is 10.6. The number of hydrogen-bond donors (Lipinski definition) is 0. The standard InChI is InChI=1S/C27H28/c1-18(2)26-23(19-10-4-3-5-11-19)17-24-22-15-9-8-14-21(22)16-25(24)27(26)20-12-6-7-13-20/h6-9,12,14-17,19H,3-5,10-11,13H2,1-2H3. The van der Waals surface area contributed by atoms with Crippen molar-refractivity contribution in [2.75, 3.05) is 0 Å². The van der Waals surface area contributed by atoms with Crippen molar-refractivity contribution in [3.05, 3.63) is 86.1 Å². The van der Waals surface area contributed by atoms with E-state index in [0.717, 1.165) is 12.3 Å². The molecule has 5 rings (SSSR count). The molecule has 2 aromatic carbocycles. The molecule has 0 heteroatoms. The molecule has 0 atom stereocenters. The minimum atomic E-state index is 0.718. The lowest BCUT2D eigenvalue weighted by Crippen LogP contribution is -2.23. The summed E-state index contributed by atoms with van der Waals surface area (Å²) in [6, 6.07) is 11.5. The molecule has 27 heavy (non-hydrogen) atoms. The van der Waals surface area contributed by atoms with Crippen molar-refractivity contribution in [1.29, 1.82) is 0 Å². The zero-order chi connectivity index (χ0) is 18.4. The monoisotopic (exact) mass is 352 g/mol. The van der Waals surface area contributed by atoms with Gasteiger partial charge >= 0.3 is 0 Å². The van der Waals surface area contributed by atoms with Crippen LogP contribution in [0.1, 0.15) is 75.0 Å². The summed E-state index contributed by atoms with van der Waals surface area (Å²) in [6.45, 7) is 4.62. The highest BCUT2D eigenvalue weighted by molar-refractivity contribution is 5.81. The molecule has 0 radical (unpaired) electrons. The van der Waals surface area contributed by atoms with E-state index in [1.807, 2.05) is 0 Å². The molecule has 0 N–H and O–H groups in total. The van der Waals surface area contributed by atoms with Crippen LogP contribution in [0.25, 0.3) is 17.2 Å². The molecule has 0 saturated heterocycles. The van der Waals surface area contributed by atoms with Gasteiger partial charge in [-0.3, -0.25) is 0 Å². The lowest BCUT2D eigenvalue weighted by atomic mass is 9.79. The third-order valence-electron chi connectivity index (χ3n) is 6.59. The zero-order valence-electron chi connectivity index (χ0n) is 16.5. The van der Waals surface area contributed by atoms with Gasteiger partial charge in [0, 0.05) is 0 Å². The van der Waals surface area contributed by atoms with Gasteiger partial charge in [0.15, 0.2) is 0 Å². The van der Waals surface area contributed by atoms with Crippen LogP contribution in [0.4, 0.5) is 0 Å². The fraction of sp³-hybridized carbons (Fsp3) is 0.333. The van der Waals surface area contributed by atoms with E-state index in [1.54, 1.807) is 10.8 Å². The average molecular weight is 353 g/mol. The summed E-state index contributed by atoms with van der Waals surface area (Å²) in [4.78, 5) is 0. The first kappa shape index (κ1) is 16.8. The van der Waals surface area contributed by atoms with Gasteiger partial charge in [0.1, 0.15) is 0 Å². The molecule has 0 nitrogen and oxygen atoms in total. The molecule has 0 bridgehead atoms. The van der Waals surface area contributed by atoms with Crippen molar-refractivity contribution in [3.63, 3.8) is 0 Å². The van der Waals surface area contributed by atoms with Gasteiger partial charge in [0.25, 0.3) is 0 Å². The topological polar surface area (TPSA) is 0 Å². The molecular weight excluding hydrogens is 324 g/mol. The minimum Gasteiger partial charge on any atom is -0.0801 e. The Morgan fingerprint density at radius 1 is 0.963 bits per heavy atom. The first-order chi connectivity index (χ1) is 13.2. The van der Waals surface area contributed by atoms with E-state index in [2.05, 4.69) is 68.5 Å². The number of allylic oxidation sites excluding steroid dienone is 4. The van der Waals surface area contributed by atoms with Crippen molar-refractivity contribution in [2.45, 2.75) is 58.3 Å². The van der Waals surface area contributed by atoms with Crippen LogP contribution in [-0.2, 0) is 0 Å². The lowest BCUT2D eigenvalue weighted by molar-refractivity contribution is 0.442. The summed E-state index contributed by atoms with van der Waals surface area (Å²) in [7, 11) is 0. The Balaban J connectivity index is 1.93. The Labute approximate surface area is 161 Å². The summed E-state index contributed by atoms with van der Waals surface area (Å²) in [5, 5.41) is 5.79. The fourth-order valence-corrected chi connectivity index (χ4v) is 5.36. The Hall–Kier alpha value is -2.34. The van der Waals surface area contributed by atoms with E-state index in [9.17, 15) is 0 Å². The number of fused-ring (bicyclic) bond motifs is 2.